The minimum absolute atomic E-state index is 0.126. The van der Waals surface area contributed by atoms with Crippen molar-refractivity contribution in [2.45, 2.75) is 190 Å². The Labute approximate surface area is 275 Å². The lowest BCUT2D eigenvalue weighted by atomic mass is 10.1. The van der Waals surface area contributed by atoms with Gasteiger partial charge in [-0.15, -0.1) is 47.0 Å². The molecule has 0 fully saturated rings. The molecule has 0 aliphatic rings. The Morgan fingerprint density at radius 2 is 0.732 bits per heavy atom. The van der Waals surface area contributed by atoms with Gasteiger partial charge in [-0.05, 0) is 48.7 Å². The Hall–Kier alpha value is 0.870. The van der Waals surface area contributed by atoms with E-state index in [1.54, 1.807) is 23.5 Å². The third-order valence-electron chi connectivity index (χ3n) is 7.77. The van der Waals surface area contributed by atoms with E-state index in [1.807, 2.05) is 23.5 Å². The first-order valence-electron chi connectivity index (χ1n) is 17.8. The zero-order chi connectivity index (χ0) is 30.3. The molecule has 0 saturated heterocycles. The van der Waals surface area contributed by atoms with Crippen LogP contribution in [-0.2, 0) is 4.79 Å². The summed E-state index contributed by atoms with van der Waals surface area (Å²) in [5.74, 6) is 3.59. The second kappa shape index (κ2) is 32.3. The summed E-state index contributed by atoms with van der Waals surface area (Å²) in [7, 11) is 0. The number of aliphatic carboxylic acids is 1. The Morgan fingerprint density at radius 1 is 0.463 bits per heavy atom. The van der Waals surface area contributed by atoms with Gasteiger partial charge in [0.05, 0.1) is 4.58 Å². The highest BCUT2D eigenvalue weighted by Crippen LogP contribution is 2.51. The van der Waals surface area contributed by atoms with Crippen molar-refractivity contribution < 1.29 is 9.90 Å². The fourth-order valence-corrected chi connectivity index (χ4v) is 12.1. The normalized spacial score (nSPS) is 12.0. The van der Waals surface area contributed by atoms with Crippen LogP contribution in [0.2, 0.25) is 0 Å². The molecule has 0 aromatic rings. The molecule has 1 N–H and O–H groups in total. The molecule has 0 aromatic carbocycles. The minimum atomic E-state index is -0.730. The van der Waals surface area contributed by atoms with Crippen LogP contribution < -0.4 is 0 Å². The van der Waals surface area contributed by atoms with Gasteiger partial charge < -0.3 is 5.11 Å². The van der Waals surface area contributed by atoms with Gasteiger partial charge in [0.15, 0.2) is 4.08 Å². The first-order chi connectivity index (χ1) is 20.1. The number of thioether (sulfide) groups is 4. The number of hydrogen-bond acceptors (Lipinski definition) is 5. The van der Waals surface area contributed by atoms with Crippen LogP contribution in [0.1, 0.15) is 182 Å². The highest BCUT2D eigenvalue weighted by atomic mass is 32.2. The maximum absolute atomic E-state index is 13.2. The van der Waals surface area contributed by atoms with Gasteiger partial charge in [-0.1, -0.05) is 156 Å². The van der Waals surface area contributed by atoms with E-state index in [4.69, 9.17) is 0 Å². The fourth-order valence-electron chi connectivity index (χ4n) is 5.03. The zero-order valence-electron chi connectivity index (χ0n) is 27.9. The van der Waals surface area contributed by atoms with Crippen LogP contribution in [0.4, 0.5) is 0 Å². The van der Waals surface area contributed by atoms with E-state index in [9.17, 15) is 9.90 Å². The first-order valence-corrected chi connectivity index (χ1v) is 21.9. The second-order valence-corrected chi connectivity index (χ2v) is 17.5. The van der Waals surface area contributed by atoms with Gasteiger partial charge >= 0.3 is 5.97 Å². The average molecular weight is 651 g/mol. The van der Waals surface area contributed by atoms with Crippen molar-refractivity contribution in [2.75, 3.05) is 23.0 Å². The molecule has 0 aliphatic carbocycles. The van der Waals surface area contributed by atoms with E-state index in [1.165, 1.54) is 141 Å². The Bertz CT molecular complexity index is 510. The predicted molar refractivity (Wildman–Crippen MR) is 197 cm³/mol. The molecule has 246 valence electrons. The summed E-state index contributed by atoms with van der Waals surface area (Å²) in [4.78, 5) is 13.2. The van der Waals surface area contributed by atoms with Crippen LogP contribution in [0.25, 0.3) is 0 Å². The van der Waals surface area contributed by atoms with Crippen molar-refractivity contribution in [1.29, 1.82) is 0 Å². The van der Waals surface area contributed by atoms with Crippen molar-refractivity contribution in [3.8, 4) is 0 Å². The van der Waals surface area contributed by atoms with E-state index in [2.05, 4.69) is 27.7 Å². The summed E-state index contributed by atoms with van der Waals surface area (Å²) < 4.78 is -0.603. The molecular weight excluding hydrogens is 581 g/mol. The molecule has 0 amide bonds. The van der Waals surface area contributed by atoms with Gasteiger partial charge in [-0.25, -0.2) is 4.79 Å². The summed E-state index contributed by atoms with van der Waals surface area (Å²) in [5.41, 5.74) is 0. The van der Waals surface area contributed by atoms with Crippen LogP contribution in [-0.4, -0.2) is 42.7 Å². The van der Waals surface area contributed by atoms with Crippen LogP contribution in [0.5, 0.6) is 0 Å². The molecule has 0 radical (unpaired) electrons. The monoisotopic (exact) mass is 650 g/mol. The van der Waals surface area contributed by atoms with Gasteiger partial charge in [0.25, 0.3) is 0 Å². The van der Waals surface area contributed by atoms with Gasteiger partial charge in [0.1, 0.15) is 0 Å². The van der Waals surface area contributed by atoms with Gasteiger partial charge in [0, 0.05) is 0 Å². The molecule has 0 spiro atoms. The van der Waals surface area contributed by atoms with E-state index in [0.29, 0.717) is 0 Å². The summed E-state index contributed by atoms with van der Waals surface area (Å²) in [6.07, 6.45) is 30.9. The molecule has 0 saturated carbocycles. The van der Waals surface area contributed by atoms with E-state index in [-0.39, 0.29) is 4.58 Å². The molecule has 6 heteroatoms. The second-order valence-electron chi connectivity index (χ2n) is 11.8. The van der Waals surface area contributed by atoms with Gasteiger partial charge in [-0.2, -0.15) is 0 Å². The molecule has 0 aliphatic heterocycles. The van der Waals surface area contributed by atoms with Crippen LogP contribution in [0.15, 0.2) is 0 Å². The van der Waals surface area contributed by atoms with E-state index < -0.39 is 10.0 Å². The third-order valence-corrected chi connectivity index (χ3v) is 14.9. The van der Waals surface area contributed by atoms with Gasteiger partial charge in [-0.3, -0.25) is 0 Å². The molecule has 0 unspecified atom stereocenters. The number of carboxylic acid groups (broad SMARTS) is 1. The number of rotatable bonds is 34. The van der Waals surface area contributed by atoms with Crippen molar-refractivity contribution >= 4 is 53.0 Å². The fraction of sp³-hybridized carbons (Fsp3) is 0.971. The number of unbranched alkanes of at least 4 members (excludes halogenated alkanes) is 20. The standard InChI is InChI=1S/C35H70O2S4/c1-5-9-13-17-21-25-29-38-34(39-30-26-22-18-14-10-6-2)35(33(36)37,40-31-27-23-19-15-11-7-3)41-32-28-24-20-16-12-8-4/h34H,5-32H2,1-4H3,(H,36,37). The molecule has 0 rings (SSSR count). The lowest BCUT2D eigenvalue weighted by molar-refractivity contribution is -0.136. The lowest BCUT2D eigenvalue weighted by Crippen LogP contribution is -2.41. The largest absolute Gasteiger partial charge is 0.480 e. The maximum Gasteiger partial charge on any atom is 0.332 e. The SMILES string of the molecule is CCCCCCCCSC(SCCCCCCCC)C(SCCCCCCCC)(SCCCCCCCC)C(=O)O. The lowest BCUT2D eigenvalue weighted by Gasteiger charge is -2.36. The molecular formula is C35H70O2S4. The quantitative estimate of drug-likeness (QED) is 0.0552. The van der Waals surface area contributed by atoms with Gasteiger partial charge in [0.2, 0.25) is 0 Å². The Balaban J connectivity index is 5.32. The average Bonchev–Trinajstić information content (AvgIpc) is 2.97. The highest BCUT2D eigenvalue weighted by Gasteiger charge is 2.47. The molecule has 0 aromatic heterocycles. The molecule has 2 nitrogen and oxygen atoms in total. The summed E-state index contributed by atoms with van der Waals surface area (Å²) >= 11 is 7.55. The van der Waals surface area contributed by atoms with Crippen molar-refractivity contribution in [1.82, 2.24) is 0 Å². The summed E-state index contributed by atoms with van der Waals surface area (Å²) in [5, 5.41) is 10.9. The third kappa shape index (κ3) is 23.9. The summed E-state index contributed by atoms with van der Waals surface area (Å²) in [6.45, 7) is 9.09. The van der Waals surface area contributed by atoms with Crippen LogP contribution in [0.3, 0.4) is 0 Å². The minimum Gasteiger partial charge on any atom is -0.480 e. The Kier molecular flexibility index (Phi) is 33.0. The number of carbonyl (C=O) groups is 1. The zero-order valence-corrected chi connectivity index (χ0v) is 31.1. The van der Waals surface area contributed by atoms with Crippen LogP contribution in [0, 0.1) is 0 Å². The van der Waals surface area contributed by atoms with Crippen molar-refractivity contribution in [3.05, 3.63) is 0 Å². The Morgan fingerprint density at radius 3 is 1.02 bits per heavy atom. The molecule has 0 atom stereocenters. The molecule has 0 heterocycles. The van der Waals surface area contributed by atoms with Crippen molar-refractivity contribution in [3.63, 3.8) is 0 Å². The number of carboxylic acids is 1. The maximum atomic E-state index is 13.2. The van der Waals surface area contributed by atoms with E-state index >= 15 is 0 Å². The smallest absolute Gasteiger partial charge is 0.332 e. The first kappa shape index (κ1) is 41.9. The van der Waals surface area contributed by atoms with Crippen LogP contribution >= 0.6 is 47.0 Å². The highest BCUT2D eigenvalue weighted by molar-refractivity contribution is 8.25. The molecule has 41 heavy (non-hydrogen) atoms. The molecule has 0 bridgehead atoms. The summed E-state index contributed by atoms with van der Waals surface area (Å²) in [6, 6.07) is 0. The van der Waals surface area contributed by atoms with E-state index in [0.717, 1.165) is 35.9 Å². The predicted octanol–water partition coefficient (Wildman–Crippen LogP) is 13.5. The number of hydrogen-bond donors (Lipinski definition) is 1. The van der Waals surface area contributed by atoms with Crippen molar-refractivity contribution in [2.24, 2.45) is 0 Å². The topological polar surface area (TPSA) is 37.3 Å².